The third-order valence-corrected chi connectivity index (χ3v) is 21.0. The average molecular weight is 1140 g/mol. The number of para-hydroxylation sites is 4. The lowest BCUT2D eigenvalue weighted by molar-refractivity contribution is -0.907. The Kier molecular flexibility index (Phi) is 17.3. The number of hydrogen-bond acceptors (Lipinski definition) is 12. The summed E-state index contributed by atoms with van der Waals surface area (Å²) in [6.07, 6.45) is 20.7. The summed E-state index contributed by atoms with van der Waals surface area (Å²) in [5, 5.41) is 0. The quantitative estimate of drug-likeness (QED) is 0.0404. The van der Waals surface area contributed by atoms with Gasteiger partial charge in [-0.15, -0.1) is 0 Å². The van der Waals surface area contributed by atoms with Crippen molar-refractivity contribution in [2.75, 3.05) is 99.1 Å². The largest absolute Gasteiger partial charge is 0.323 e. The Hall–Kier alpha value is -6.00. The number of benzene rings is 4. The molecule has 0 aliphatic carbocycles. The molecular weight excluding hydrogens is 1060 g/mol. The predicted octanol–water partition coefficient (Wildman–Crippen LogP) is 16.6. The molecule has 0 radical (unpaired) electrons. The number of likely N-dealkylation sites (N-methyl/N-ethyl adjacent to an activating group) is 2. The van der Waals surface area contributed by atoms with Crippen LogP contribution in [-0.4, -0.2) is 108 Å². The maximum atomic E-state index is 4.95. The van der Waals surface area contributed by atoms with Crippen LogP contribution in [0.3, 0.4) is 0 Å². The summed E-state index contributed by atoms with van der Waals surface area (Å²) < 4.78 is 1.99. The third-order valence-electron chi connectivity index (χ3n) is 16.6. The Morgan fingerprint density at radius 3 is 0.762 bits per heavy atom. The third kappa shape index (κ3) is 12.4. The lowest BCUT2D eigenvalue weighted by Crippen LogP contribution is -2.52. The first-order valence-corrected chi connectivity index (χ1v) is 32.3. The second-order valence-electron chi connectivity index (χ2n) is 22.3. The topological polar surface area (TPSA) is 64.5 Å². The molecule has 0 atom stereocenters. The molecule has 0 saturated heterocycles. The van der Waals surface area contributed by atoms with Gasteiger partial charge in [0.2, 0.25) is 0 Å². The van der Waals surface area contributed by atoms with Gasteiger partial charge in [-0.05, 0) is 123 Å². The summed E-state index contributed by atoms with van der Waals surface area (Å²) in [6.45, 7) is 10.1. The van der Waals surface area contributed by atoms with Crippen LogP contribution in [0.5, 0.6) is 0 Å². The second kappa shape index (κ2) is 25.4. The molecule has 80 heavy (non-hydrogen) atoms. The molecule has 4 aliphatic rings. The number of pyridine rings is 4. The van der Waals surface area contributed by atoms with Crippen molar-refractivity contribution in [2.24, 2.45) is 0 Å². The molecule has 4 aromatic carbocycles. The second-order valence-corrected chi connectivity index (χ2v) is 26.6. The van der Waals surface area contributed by atoms with Crippen molar-refractivity contribution in [3.63, 3.8) is 0 Å². The zero-order valence-corrected chi connectivity index (χ0v) is 49.7. The van der Waals surface area contributed by atoms with E-state index in [-0.39, 0.29) is 0 Å². The van der Waals surface area contributed by atoms with Crippen LogP contribution in [0, 0.1) is 0 Å². The van der Waals surface area contributed by atoms with Crippen molar-refractivity contribution < 1.29 is 8.97 Å². The van der Waals surface area contributed by atoms with Gasteiger partial charge in [-0.1, -0.05) is 134 Å². The van der Waals surface area contributed by atoms with E-state index in [9.17, 15) is 0 Å². The molecule has 0 saturated carbocycles. The molecule has 0 unspecified atom stereocenters. The van der Waals surface area contributed by atoms with E-state index in [4.69, 9.17) is 19.9 Å². The maximum absolute atomic E-state index is 4.95. The van der Waals surface area contributed by atoms with E-state index in [1.165, 1.54) is 126 Å². The first kappa shape index (κ1) is 54.6. The summed E-state index contributed by atoms with van der Waals surface area (Å²) >= 11 is 7.35. The van der Waals surface area contributed by atoms with Crippen LogP contribution in [-0.2, 0) is 0 Å². The molecule has 0 amide bonds. The lowest BCUT2D eigenvalue weighted by atomic mass is 10.1. The molecule has 410 valence electrons. The predicted molar refractivity (Wildman–Crippen MR) is 335 cm³/mol. The number of anilines is 8. The van der Waals surface area contributed by atoms with Gasteiger partial charge in [0.15, 0.2) is 0 Å². The van der Waals surface area contributed by atoms with Crippen molar-refractivity contribution in [3.8, 4) is 0 Å². The number of unbranched alkanes of at least 4 members (excludes halogenated alkanes) is 9. The molecule has 10 nitrogen and oxygen atoms in total. The number of hydrogen-bond donors (Lipinski definition) is 0. The van der Waals surface area contributed by atoms with Gasteiger partial charge in [0.1, 0.15) is 23.3 Å². The summed E-state index contributed by atoms with van der Waals surface area (Å²) in [5.74, 6) is 4.33. The monoisotopic (exact) mass is 1130 g/mol. The molecule has 0 bridgehead atoms. The average Bonchev–Trinajstić information content (AvgIpc) is 3.55. The number of fused-ring (bicyclic) bond motifs is 8. The van der Waals surface area contributed by atoms with Crippen molar-refractivity contribution in [2.45, 2.75) is 103 Å². The zero-order valence-electron chi connectivity index (χ0n) is 46.4. The van der Waals surface area contributed by atoms with Gasteiger partial charge in [-0.25, -0.2) is 19.9 Å². The minimum atomic E-state index is 0.914. The van der Waals surface area contributed by atoms with Gasteiger partial charge in [0, 0.05) is 44.4 Å². The Bertz CT molecular complexity index is 2790. The highest BCUT2D eigenvalue weighted by atomic mass is 32.2. The lowest BCUT2D eigenvalue weighted by Gasteiger charge is -2.40. The molecule has 12 rings (SSSR count). The fourth-order valence-electron chi connectivity index (χ4n) is 12.0. The van der Waals surface area contributed by atoms with Crippen LogP contribution < -0.4 is 19.6 Å². The molecule has 0 fully saturated rings. The summed E-state index contributed by atoms with van der Waals surface area (Å²) in [7, 11) is 5.01. The minimum Gasteiger partial charge on any atom is -0.323 e. The van der Waals surface area contributed by atoms with Crippen molar-refractivity contribution in [1.82, 2.24) is 19.9 Å². The zero-order chi connectivity index (χ0) is 54.1. The Morgan fingerprint density at radius 1 is 0.275 bits per heavy atom. The molecule has 0 N–H and O–H groups in total. The highest BCUT2D eigenvalue weighted by molar-refractivity contribution is 8.00. The minimum absolute atomic E-state index is 0.914. The number of nitrogens with zero attached hydrogens (tertiary/aromatic N) is 10. The van der Waals surface area contributed by atoms with Crippen LogP contribution >= 0.6 is 47.0 Å². The number of quaternary nitrogens is 2. The Balaban J connectivity index is 0.643. The summed E-state index contributed by atoms with van der Waals surface area (Å²) in [5.41, 5.74) is 5.08. The van der Waals surface area contributed by atoms with Crippen LogP contribution in [0.15, 0.2) is 210 Å². The first-order chi connectivity index (χ1) is 39.4. The Labute approximate surface area is 491 Å². The molecule has 8 aromatic rings. The molecule has 4 aliphatic heterocycles. The molecule has 4 aromatic heterocycles. The molecular formula is C66H74N10S4+2. The van der Waals surface area contributed by atoms with E-state index in [1.807, 2.05) is 71.8 Å². The molecule has 8 heterocycles. The van der Waals surface area contributed by atoms with Crippen molar-refractivity contribution >= 4 is 93.1 Å². The van der Waals surface area contributed by atoms with E-state index in [0.29, 0.717) is 0 Å². The highest BCUT2D eigenvalue weighted by Gasteiger charge is 2.34. The highest BCUT2D eigenvalue weighted by Crippen LogP contribution is 2.50. The van der Waals surface area contributed by atoms with Gasteiger partial charge < -0.3 is 28.6 Å². The van der Waals surface area contributed by atoms with E-state index >= 15 is 0 Å². The summed E-state index contributed by atoms with van der Waals surface area (Å²) in [4.78, 5) is 39.9. The van der Waals surface area contributed by atoms with Gasteiger partial charge >= 0.3 is 0 Å². The van der Waals surface area contributed by atoms with Gasteiger partial charge in [0.05, 0.1) is 122 Å². The fourth-order valence-corrected chi connectivity index (χ4v) is 16.3. The normalized spacial score (nSPS) is 14.1. The standard InChI is InChI=1S/C66H74N10S4/c1-75(47-41-71-51-25-11-15-29-55(51)77-59-33-21-37-67-63(59)71,48-42-72-52-26-12-16-30-56(52)78-60-34-22-38-68-64(60)72)45-19-9-7-5-3-4-6-8-10-20-46-76(2,49-43-73-53-27-13-17-31-57(53)79-61-35-23-39-69-65(61)73)50-44-74-54-28-14-18-32-58(54)80-62-36-24-40-70-66(62)74/h11-18,21-40H,3-10,19-20,41-50H2,1-2H3/q+2. The van der Waals surface area contributed by atoms with Crippen LogP contribution in [0.1, 0.15) is 64.2 Å². The van der Waals surface area contributed by atoms with E-state index < -0.39 is 0 Å². The van der Waals surface area contributed by atoms with E-state index in [2.05, 4.69) is 179 Å². The SMILES string of the molecule is C[N+](CCCCCCCCCCCC[N+](C)(CCN1c2ccccc2Sc2cccnc21)CCN1c2ccccc2Sc2cccnc21)(CCN1c2ccccc2Sc2cccnc21)CCN1c2ccccc2Sc2cccnc21. The van der Waals surface area contributed by atoms with Crippen molar-refractivity contribution in [1.29, 1.82) is 0 Å². The fraction of sp³-hybridized carbons (Fsp3) is 0.333. The molecule has 0 spiro atoms. The van der Waals surface area contributed by atoms with Gasteiger partial charge in [0.25, 0.3) is 0 Å². The van der Waals surface area contributed by atoms with Gasteiger partial charge in [-0.2, -0.15) is 0 Å². The number of aromatic nitrogens is 4. The first-order valence-electron chi connectivity index (χ1n) is 29.0. The smallest absolute Gasteiger partial charge is 0.147 e. The van der Waals surface area contributed by atoms with Crippen LogP contribution in [0.2, 0.25) is 0 Å². The van der Waals surface area contributed by atoms with E-state index in [0.717, 1.165) is 97.7 Å². The van der Waals surface area contributed by atoms with Crippen LogP contribution in [0.25, 0.3) is 0 Å². The number of rotatable bonds is 25. The van der Waals surface area contributed by atoms with Crippen LogP contribution in [0.4, 0.5) is 46.0 Å². The van der Waals surface area contributed by atoms with Crippen molar-refractivity contribution in [3.05, 3.63) is 170 Å². The van der Waals surface area contributed by atoms with Gasteiger partial charge in [-0.3, -0.25) is 0 Å². The Morgan fingerprint density at radius 2 is 0.500 bits per heavy atom. The maximum Gasteiger partial charge on any atom is 0.147 e. The molecule has 14 heteroatoms. The van der Waals surface area contributed by atoms with E-state index in [1.54, 1.807) is 0 Å². The summed E-state index contributed by atoms with van der Waals surface area (Å²) in [6, 6.07) is 52.6.